The van der Waals surface area contributed by atoms with E-state index in [9.17, 15) is 19.2 Å². The van der Waals surface area contributed by atoms with Crippen LogP contribution in [0.2, 0.25) is 0 Å². The Morgan fingerprint density at radius 3 is 1.90 bits per heavy atom. The van der Waals surface area contributed by atoms with Crippen LogP contribution in [0.4, 0.5) is 0 Å². The van der Waals surface area contributed by atoms with Gasteiger partial charge >= 0.3 is 5.97 Å². The van der Waals surface area contributed by atoms with Gasteiger partial charge in [-0.15, -0.1) is 0 Å². The standard InChI is InChI=1S/C22H34N4O5/c1-12(2)17(23)20(28)25-16(11-15-9-7-6-8-10-15)19(27)26-18(13(3)4)21(29)24-14(5)22(30)31/h6-10,12-14,16-18H,11,23H2,1-5H3,(H,24,29)(H,25,28)(H,26,27)(H,30,31)/t14-,16-,17-,18-/m0/s1. The van der Waals surface area contributed by atoms with Crippen LogP contribution in [0.15, 0.2) is 30.3 Å². The van der Waals surface area contributed by atoms with Crippen LogP contribution in [-0.4, -0.2) is 53.0 Å². The molecule has 0 heterocycles. The summed E-state index contributed by atoms with van der Waals surface area (Å²) in [5.41, 5.74) is 6.74. The molecule has 0 aromatic heterocycles. The second kappa shape index (κ2) is 12.0. The van der Waals surface area contributed by atoms with Crippen LogP contribution in [0.5, 0.6) is 0 Å². The number of benzene rings is 1. The fraction of sp³-hybridized carbons (Fsp3) is 0.545. The monoisotopic (exact) mass is 434 g/mol. The zero-order chi connectivity index (χ0) is 23.7. The lowest BCUT2D eigenvalue weighted by atomic mass is 9.99. The highest BCUT2D eigenvalue weighted by Gasteiger charge is 2.31. The van der Waals surface area contributed by atoms with Crippen molar-refractivity contribution in [3.8, 4) is 0 Å². The predicted molar refractivity (Wildman–Crippen MR) is 117 cm³/mol. The molecule has 1 aromatic rings. The Morgan fingerprint density at radius 1 is 0.839 bits per heavy atom. The Labute approximate surface area is 183 Å². The first-order valence-electron chi connectivity index (χ1n) is 10.4. The maximum absolute atomic E-state index is 13.1. The molecule has 0 saturated carbocycles. The molecular weight excluding hydrogens is 400 g/mol. The number of carbonyl (C=O) groups excluding carboxylic acids is 3. The number of carboxylic acids is 1. The largest absolute Gasteiger partial charge is 0.480 e. The summed E-state index contributed by atoms with van der Waals surface area (Å²) in [6.07, 6.45) is 0.210. The number of carboxylic acid groups (broad SMARTS) is 1. The van der Waals surface area contributed by atoms with E-state index in [0.717, 1.165) is 5.56 Å². The summed E-state index contributed by atoms with van der Waals surface area (Å²) in [6.45, 7) is 8.41. The fourth-order valence-corrected chi connectivity index (χ4v) is 2.78. The molecule has 0 aliphatic heterocycles. The minimum Gasteiger partial charge on any atom is -0.480 e. The molecular formula is C22H34N4O5. The van der Waals surface area contributed by atoms with Gasteiger partial charge in [-0.2, -0.15) is 0 Å². The van der Waals surface area contributed by atoms with Crippen molar-refractivity contribution in [2.75, 3.05) is 0 Å². The molecule has 9 heteroatoms. The van der Waals surface area contributed by atoms with Crippen molar-refractivity contribution in [2.24, 2.45) is 17.6 Å². The first-order valence-corrected chi connectivity index (χ1v) is 10.4. The van der Waals surface area contributed by atoms with Crippen LogP contribution < -0.4 is 21.7 Å². The number of hydrogen-bond donors (Lipinski definition) is 5. The lowest BCUT2D eigenvalue weighted by molar-refractivity contribution is -0.142. The third kappa shape index (κ3) is 8.37. The summed E-state index contributed by atoms with van der Waals surface area (Å²) in [5, 5.41) is 16.7. The lowest BCUT2D eigenvalue weighted by Gasteiger charge is -2.27. The van der Waals surface area contributed by atoms with E-state index in [1.54, 1.807) is 27.7 Å². The summed E-state index contributed by atoms with van der Waals surface area (Å²) in [6, 6.07) is 5.34. The second-order valence-electron chi connectivity index (χ2n) is 8.32. The normalized spacial score (nSPS) is 15.0. The molecule has 4 atom stereocenters. The highest BCUT2D eigenvalue weighted by atomic mass is 16.4. The van der Waals surface area contributed by atoms with Gasteiger partial charge in [0.2, 0.25) is 17.7 Å². The number of nitrogens with one attached hydrogen (secondary N) is 3. The van der Waals surface area contributed by atoms with E-state index in [4.69, 9.17) is 10.8 Å². The van der Waals surface area contributed by atoms with E-state index in [1.165, 1.54) is 6.92 Å². The summed E-state index contributed by atoms with van der Waals surface area (Å²) < 4.78 is 0. The molecule has 0 spiro atoms. The van der Waals surface area contributed by atoms with E-state index in [0.29, 0.717) is 0 Å². The van der Waals surface area contributed by atoms with Crippen molar-refractivity contribution in [1.29, 1.82) is 0 Å². The third-order valence-corrected chi connectivity index (χ3v) is 4.91. The minimum absolute atomic E-state index is 0.118. The molecule has 0 aliphatic carbocycles. The van der Waals surface area contributed by atoms with Gasteiger partial charge in [-0.05, 0) is 24.3 Å². The van der Waals surface area contributed by atoms with E-state index in [-0.39, 0.29) is 18.3 Å². The Hall–Kier alpha value is -2.94. The maximum atomic E-state index is 13.1. The zero-order valence-electron chi connectivity index (χ0n) is 18.7. The van der Waals surface area contributed by atoms with E-state index < -0.39 is 47.9 Å². The van der Waals surface area contributed by atoms with Gasteiger partial charge in [0.05, 0.1) is 6.04 Å². The summed E-state index contributed by atoms with van der Waals surface area (Å²) >= 11 is 0. The summed E-state index contributed by atoms with van der Waals surface area (Å²) in [7, 11) is 0. The van der Waals surface area contributed by atoms with E-state index in [1.807, 2.05) is 30.3 Å². The molecule has 0 saturated heterocycles. The SMILES string of the molecule is CC(C)[C@H](N)C(=O)N[C@@H](Cc1ccccc1)C(=O)N[C@H](C(=O)N[C@@H](C)C(=O)O)C(C)C. The topological polar surface area (TPSA) is 151 Å². The van der Waals surface area contributed by atoms with Crippen LogP contribution in [-0.2, 0) is 25.6 Å². The average Bonchev–Trinajstić information content (AvgIpc) is 2.70. The molecule has 0 bridgehead atoms. The minimum atomic E-state index is -1.18. The van der Waals surface area contributed by atoms with Gasteiger partial charge in [0.25, 0.3) is 0 Å². The Morgan fingerprint density at radius 2 is 1.42 bits per heavy atom. The smallest absolute Gasteiger partial charge is 0.325 e. The van der Waals surface area contributed by atoms with Crippen LogP contribution in [0.1, 0.15) is 40.2 Å². The second-order valence-corrected chi connectivity index (χ2v) is 8.32. The predicted octanol–water partition coefficient (Wildman–Crippen LogP) is 0.427. The molecule has 0 fully saturated rings. The highest BCUT2D eigenvalue weighted by Crippen LogP contribution is 2.08. The molecule has 0 unspecified atom stereocenters. The van der Waals surface area contributed by atoms with Crippen molar-refractivity contribution < 1.29 is 24.3 Å². The highest BCUT2D eigenvalue weighted by molar-refractivity contribution is 5.94. The third-order valence-electron chi connectivity index (χ3n) is 4.91. The van der Waals surface area contributed by atoms with Crippen molar-refractivity contribution >= 4 is 23.7 Å². The number of hydrogen-bond acceptors (Lipinski definition) is 5. The number of aliphatic carboxylic acids is 1. The lowest BCUT2D eigenvalue weighted by Crippen LogP contribution is -2.59. The van der Waals surface area contributed by atoms with Crippen LogP contribution in [0, 0.1) is 11.8 Å². The molecule has 3 amide bonds. The Kier molecular flexibility index (Phi) is 10.1. The van der Waals surface area contributed by atoms with Crippen LogP contribution >= 0.6 is 0 Å². The van der Waals surface area contributed by atoms with Crippen LogP contribution in [0.3, 0.4) is 0 Å². The number of rotatable bonds is 11. The Balaban J connectivity index is 3.03. The number of amides is 3. The van der Waals surface area contributed by atoms with Gasteiger partial charge in [0.1, 0.15) is 18.1 Å². The molecule has 0 radical (unpaired) electrons. The first-order chi connectivity index (χ1) is 14.4. The summed E-state index contributed by atoms with van der Waals surface area (Å²) in [4.78, 5) is 49.1. The van der Waals surface area contributed by atoms with Gasteiger partial charge in [0, 0.05) is 6.42 Å². The molecule has 1 rings (SSSR count). The van der Waals surface area contributed by atoms with Gasteiger partial charge in [0.15, 0.2) is 0 Å². The average molecular weight is 435 g/mol. The molecule has 0 aliphatic rings. The maximum Gasteiger partial charge on any atom is 0.325 e. The van der Waals surface area contributed by atoms with Gasteiger partial charge in [-0.3, -0.25) is 19.2 Å². The first kappa shape index (κ1) is 26.1. The van der Waals surface area contributed by atoms with Crippen molar-refractivity contribution in [3.05, 3.63) is 35.9 Å². The van der Waals surface area contributed by atoms with Crippen molar-refractivity contribution in [1.82, 2.24) is 16.0 Å². The van der Waals surface area contributed by atoms with Crippen molar-refractivity contribution in [3.63, 3.8) is 0 Å². The quantitative estimate of drug-likeness (QED) is 0.341. The van der Waals surface area contributed by atoms with E-state index in [2.05, 4.69) is 16.0 Å². The molecule has 172 valence electrons. The van der Waals surface area contributed by atoms with Crippen molar-refractivity contribution in [2.45, 2.75) is 65.2 Å². The van der Waals surface area contributed by atoms with Gasteiger partial charge in [-0.25, -0.2) is 0 Å². The fourth-order valence-electron chi connectivity index (χ4n) is 2.78. The molecule has 6 N–H and O–H groups in total. The number of nitrogens with two attached hydrogens (primary N) is 1. The Bertz CT molecular complexity index is 766. The molecule has 31 heavy (non-hydrogen) atoms. The number of carbonyl (C=O) groups is 4. The zero-order valence-corrected chi connectivity index (χ0v) is 18.7. The molecule has 1 aromatic carbocycles. The van der Waals surface area contributed by atoms with E-state index >= 15 is 0 Å². The molecule has 9 nitrogen and oxygen atoms in total. The summed E-state index contributed by atoms with van der Waals surface area (Å²) in [5.74, 6) is -3.23. The van der Waals surface area contributed by atoms with Crippen LogP contribution in [0.25, 0.3) is 0 Å². The van der Waals surface area contributed by atoms with Gasteiger partial charge < -0.3 is 26.8 Å². The van der Waals surface area contributed by atoms with Gasteiger partial charge in [-0.1, -0.05) is 58.0 Å².